The number of morpholine rings is 1. The number of nitrogens with zero attached hydrogens (tertiary/aromatic N) is 2. The summed E-state index contributed by atoms with van der Waals surface area (Å²) in [5.41, 5.74) is 6.71. The lowest BCUT2D eigenvalue weighted by atomic mass is 10.0. The molecule has 0 saturated carbocycles. The van der Waals surface area contributed by atoms with Gasteiger partial charge in [-0.15, -0.1) is 36.2 Å². The fourth-order valence-electron chi connectivity index (χ4n) is 1.88. The second-order valence-corrected chi connectivity index (χ2v) is 6.03. The third kappa shape index (κ3) is 6.36. The number of carbonyl (C=O) groups excluding carboxylic acids is 1. The topological polar surface area (TPSA) is 80.5 Å². The summed E-state index contributed by atoms with van der Waals surface area (Å²) in [7, 11) is 0. The third-order valence-corrected chi connectivity index (χ3v) is 4.28. The van der Waals surface area contributed by atoms with E-state index in [4.69, 9.17) is 10.5 Å². The molecule has 2 rings (SSSR count). The Kier molecular flexibility index (Phi) is 10.1. The van der Waals surface area contributed by atoms with E-state index in [-0.39, 0.29) is 42.7 Å². The number of rotatable bonds is 5. The van der Waals surface area contributed by atoms with Crippen molar-refractivity contribution in [1.29, 1.82) is 0 Å². The van der Waals surface area contributed by atoms with Crippen molar-refractivity contribution in [2.24, 2.45) is 11.7 Å². The summed E-state index contributed by atoms with van der Waals surface area (Å²) in [6.07, 6.45) is 0. The first-order chi connectivity index (χ1) is 9.56. The second kappa shape index (κ2) is 10.4. The number of nitrogens with two attached hydrogens (primary N) is 1. The van der Waals surface area contributed by atoms with Crippen LogP contribution in [0.5, 0.6) is 0 Å². The molecule has 0 aliphatic carbocycles. The number of thiazole rings is 1. The van der Waals surface area contributed by atoms with Crippen LogP contribution in [0.3, 0.4) is 0 Å². The molecule has 1 fully saturated rings. The number of hydrogen-bond acceptors (Lipinski definition) is 6. The highest BCUT2D eigenvalue weighted by molar-refractivity contribution is 7.13. The van der Waals surface area contributed by atoms with E-state index in [1.54, 1.807) is 0 Å². The first-order valence-corrected chi connectivity index (χ1v) is 7.75. The molecule has 2 atom stereocenters. The van der Waals surface area contributed by atoms with Gasteiger partial charge in [-0.05, 0) is 6.92 Å². The highest BCUT2D eigenvalue weighted by atomic mass is 35.5. The maximum Gasteiger partial charge on any atom is 0.230 e. The van der Waals surface area contributed by atoms with E-state index in [1.165, 1.54) is 11.3 Å². The van der Waals surface area contributed by atoms with Gasteiger partial charge in [-0.2, -0.15) is 0 Å². The Morgan fingerprint density at radius 1 is 1.45 bits per heavy atom. The lowest BCUT2D eigenvalue weighted by Crippen LogP contribution is -2.35. The molecule has 6 nitrogen and oxygen atoms in total. The molecule has 2 unspecified atom stereocenters. The van der Waals surface area contributed by atoms with Crippen molar-refractivity contribution in [3.8, 4) is 0 Å². The minimum absolute atomic E-state index is 0. The van der Waals surface area contributed by atoms with E-state index in [1.807, 2.05) is 19.2 Å². The van der Waals surface area contributed by atoms with Gasteiger partial charge < -0.3 is 15.8 Å². The molecule has 1 saturated heterocycles. The number of halogens is 2. The Labute approximate surface area is 147 Å². The fourth-order valence-corrected chi connectivity index (χ4v) is 2.59. The van der Waals surface area contributed by atoms with E-state index >= 15 is 0 Å². The zero-order chi connectivity index (χ0) is 14.5. The molecule has 3 N–H and O–H groups in total. The number of nitrogens with one attached hydrogen (secondary N) is 1. The molecule has 22 heavy (non-hydrogen) atoms. The molecule has 0 aromatic carbocycles. The van der Waals surface area contributed by atoms with E-state index < -0.39 is 0 Å². The maximum atomic E-state index is 11.9. The third-order valence-electron chi connectivity index (χ3n) is 3.47. The minimum atomic E-state index is -0.221. The van der Waals surface area contributed by atoms with E-state index in [0.29, 0.717) is 5.13 Å². The summed E-state index contributed by atoms with van der Waals surface area (Å²) < 4.78 is 5.32. The SMILES string of the molecule is CC(N)C(C)C(=O)Nc1nc(CN2CCOCC2)cs1.Cl.Cl. The summed E-state index contributed by atoms with van der Waals surface area (Å²) in [4.78, 5) is 18.7. The van der Waals surface area contributed by atoms with Gasteiger partial charge in [0.05, 0.1) is 24.8 Å². The second-order valence-electron chi connectivity index (χ2n) is 5.17. The molecule has 1 amide bonds. The Balaban J connectivity index is 0.00000220. The zero-order valence-corrected chi connectivity index (χ0v) is 15.2. The molecule has 2 heterocycles. The van der Waals surface area contributed by atoms with Crippen LogP contribution in [0.15, 0.2) is 5.38 Å². The Bertz CT molecular complexity index is 453. The van der Waals surface area contributed by atoms with Gasteiger partial charge in [-0.1, -0.05) is 6.92 Å². The van der Waals surface area contributed by atoms with E-state index in [9.17, 15) is 4.79 Å². The van der Waals surface area contributed by atoms with Crippen molar-refractivity contribution in [1.82, 2.24) is 9.88 Å². The lowest BCUT2D eigenvalue weighted by molar-refractivity contribution is -0.119. The first-order valence-electron chi connectivity index (χ1n) is 6.87. The number of ether oxygens (including phenoxy) is 1. The summed E-state index contributed by atoms with van der Waals surface area (Å²) in [6, 6.07) is -0.164. The molecule has 9 heteroatoms. The Morgan fingerprint density at radius 3 is 2.68 bits per heavy atom. The van der Waals surface area contributed by atoms with Crippen LogP contribution < -0.4 is 11.1 Å². The Morgan fingerprint density at radius 2 is 2.09 bits per heavy atom. The molecule has 128 valence electrons. The summed E-state index contributed by atoms with van der Waals surface area (Å²) in [6.45, 7) is 7.87. The van der Waals surface area contributed by atoms with Crippen LogP contribution in [0, 0.1) is 5.92 Å². The molecule has 0 radical (unpaired) electrons. The molecule has 1 aliphatic heterocycles. The number of anilines is 1. The number of aromatic nitrogens is 1. The van der Waals surface area contributed by atoms with E-state index in [2.05, 4.69) is 15.2 Å². The van der Waals surface area contributed by atoms with Crippen LogP contribution in [0.1, 0.15) is 19.5 Å². The summed E-state index contributed by atoms with van der Waals surface area (Å²) in [5.74, 6) is -0.297. The van der Waals surface area contributed by atoms with Gasteiger partial charge >= 0.3 is 0 Å². The van der Waals surface area contributed by atoms with Crippen molar-refractivity contribution in [3.63, 3.8) is 0 Å². The van der Waals surface area contributed by atoms with Gasteiger partial charge in [0.25, 0.3) is 0 Å². The fraction of sp³-hybridized carbons (Fsp3) is 0.692. The van der Waals surface area contributed by atoms with Crippen molar-refractivity contribution in [3.05, 3.63) is 11.1 Å². The monoisotopic (exact) mass is 370 g/mol. The average molecular weight is 371 g/mol. The molecule has 1 aromatic rings. The van der Waals surface area contributed by atoms with Crippen LogP contribution in [0.2, 0.25) is 0 Å². The standard InChI is InChI=1S/C13H22N4O2S.2ClH/c1-9(10(2)14)12(18)16-13-15-11(8-20-13)7-17-3-5-19-6-4-17;;/h8-10H,3-7,14H2,1-2H3,(H,15,16,18);2*1H. The van der Waals surface area contributed by atoms with Gasteiger partial charge in [0.1, 0.15) is 0 Å². The summed E-state index contributed by atoms with van der Waals surface area (Å²) >= 11 is 1.45. The molecule has 0 spiro atoms. The predicted octanol–water partition coefficient (Wildman–Crippen LogP) is 1.74. The first kappa shape index (κ1) is 21.6. The van der Waals surface area contributed by atoms with Crippen LogP contribution in [-0.4, -0.2) is 48.1 Å². The van der Waals surface area contributed by atoms with Crippen LogP contribution in [-0.2, 0) is 16.1 Å². The normalized spacial score (nSPS) is 17.8. The smallest absolute Gasteiger partial charge is 0.230 e. The predicted molar refractivity (Wildman–Crippen MR) is 94.1 cm³/mol. The summed E-state index contributed by atoms with van der Waals surface area (Å²) in [5, 5.41) is 5.46. The number of amides is 1. The van der Waals surface area contributed by atoms with Gasteiger partial charge in [0.2, 0.25) is 5.91 Å². The zero-order valence-electron chi connectivity index (χ0n) is 12.8. The van der Waals surface area contributed by atoms with Gasteiger partial charge in [0.15, 0.2) is 5.13 Å². The maximum absolute atomic E-state index is 11.9. The van der Waals surface area contributed by atoms with Crippen LogP contribution in [0.25, 0.3) is 0 Å². The minimum Gasteiger partial charge on any atom is -0.379 e. The van der Waals surface area contributed by atoms with Gasteiger partial charge in [0, 0.05) is 31.1 Å². The van der Waals surface area contributed by atoms with Crippen molar-refractivity contribution >= 4 is 47.2 Å². The van der Waals surface area contributed by atoms with E-state index in [0.717, 1.165) is 38.5 Å². The Hall–Kier alpha value is -0.440. The lowest BCUT2D eigenvalue weighted by Gasteiger charge is -2.25. The van der Waals surface area contributed by atoms with Gasteiger partial charge in [-0.3, -0.25) is 9.69 Å². The number of hydrogen-bond donors (Lipinski definition) is 2. The largest absolute Gasteiger partial charge is 0.379 e. The highest BCUT2D eigenvalue weighted by Gasteiger charge is 2.18. The highest BCUT2D eigenvalue weighted by Crippen LogP contribution is 2.18. The average Bonchev–Trinajstić information content (AvgIpc) is 2.86. The van der Waals surface area contributed by atoms with Crippen LogP contribution in [0.4, 0.5) is 5.13 Å². The number of carbonyl (C=O) groups is 1. The molecular weight excluding hydrogens is 347 g/mol. The van der Waals surface area contributed by atoms with Crippen LogP contribution >= 0.6 is 36.2 Å². The molecule has 0 bridgehead atoms. The molecule has 1 aromatic heterocycles. The van der Waals surface area contributed by atoms with Gasteiger partial charge in [-0.25, -0.2) is 4.98 Å². The van der Waals surface area contributed by atoms with Crippen molar-refractivity contribution in [2.45, 2.75) is 26.4 Å². The van der Waals surface area contributed by atoms with Crippen molar-refractivity contribution < 1.29 is 9.53 Å². The van der Waals surface area contributed by atoms with Crippen molar-refractivity contribution in [2.75, 3.05) is 31.6 Å². The molecular formula is C13H24Cl2N4O2S. The molecule has 1 aliphatic rings. The quantitative estimate of drug-likeness (QED) is 0.824.